The van der Waals surface area contributed by atoms with E-state index in [1.165, 1.54) is 6.07 Å². The monoisotopic (exact) mass is 344 g/mol. The molecule has 0 bridgehead atoms. The van der Waals surface area contributed by atoms with Gasteiger partial charge in [-0.05, 0) is 31.2 Å². The number of halogens is 1. The van der Waals surface area contributed by atoms with Gasteiger partial charge in [-0.2, -0.15) is 0 Å². The van der Waals surface area contributed by atoms with E-state index in [1.807, 2.05) is 6.92 Å². The van der Waals surface area contributed by atoms with Crippen LogP contribution in [0.3, 0.4) is 0 Å². The van der Waals surface area contributed by atoms with Gasteiger partial charge in [-0.1, -0.05) is 23.7 Å². The molecule has 1 aromatic heterocycles. The minimum atomic E-state index is -3.66. The second kappa shape index (κ2) is 6.57. The van der Waals surface area contributed by atoms with Gasteiger partial charge in [0.15, 0.2) is 0 Å². The predicted octanol–water partition coefficient (Wildman–Crippen LogP) is 2.63. The second-order valence-electron chi connectivity index (χ2n) is 4.22. The number of carbonyl (C=O) groups is 1. The van der Waals surface area contributed by atoms with E-state index >= 15 is 0 Å². The highest BCUT2D eigenvalue weighted by Crippen LogP contribution is 2.21. The van der Waals surface area contributed by atoms with Gasteiger partial charge in [-0.15, -0.1) is 11.3 Å². The Bertz CT molecular complexity index is 756. The van der Waals surface area contributed by atoms with E-state index < -0.39 is 15.9 Å². The molecule has 8 heteroatoms. The SMILES string of the molecule is Cc1ccc(S(=O)(=O)NCC(=O)Nc2ccccc2Cl)s1. The summed E-state index contributed by atoms with van der Waals surface area (Å²) in [4.78, 5) is 12.6. The number of para-hydroxylation sites is 1. The number of rotatable bonds is 5. The summed E-state index contributed by atoms with van der Waals surface area (Å²) < 4.78 is 26.4. The smallest absolute Gasteiger partial charge is 0.250 e. The van der Waals surface area contributed by atoms with Crippen molar-refractivity contribution in [2.75, 3.05) is 11.9 Å². The normalized spacial score (nSPS) is 11.3. The van der Waals surface area contributed by atoms with Crippen molar-refractivity contribution in [1.82, 2.24) is 4.72 Å². The zero-order chi connectivity index (χ0) is 15.5. The van der Waals surface area contributed by atoms with Crippen molar-refractivity contribution in [2.24, 2.45) is 0 Å². The highest BCUT2D eigenvalue weighted by Gasteiger charge is 2.17. The standard InChI is InChI=1S/C13H13ClN2O3S2/c1-9-6-7-13(20-9)21(18,19)15-8-12(17)16-11-5-3-2-4-10(11)14/h2-7,15H,8H2,1H3,(H,16,17). The second-order valence-corrected chi connectivity index (χ2v) is 7.91. The Labute approximate surface area is 132 Å². The molecule has 0 atom stereocenters. The molecular formula is C13H13ClN2O3S2. The van der Waals surface area contributed by atoms with Crippen LogP contribution in [0.5, 0.6) is 0 Å². The molecule has 2 aromatic rings. The van der Waals surface area contributed by atoms with Gasteiger partial charge in [-0.3, -0.25) is 4.79 Å². The first-order chi connectivity index (χ1) is 9.88. The van der Waals surface area contributed by atoms with Crippen LogP contribution in [0.1, 0.15) is 4.88 Å². The fourth-order valence-corrected chi connectivity index (χ4v) is 4.04. The molecule has 0 aliphatic heterocycles. The molecule has 0 unspecified atom stereocenters. The average Bonchev–Trinajstić information content (AvgIpc) is 2.87. The maximum absolute atomic E-state index is 12.0. The number of amides is 1. The van der Waals surface area contributed by atoms with E-state index in [-0.39, 0.29) is 10.8 Å². The Morgan fingerprint density at radius 2 is 1.95 bits per heavy atom. The fourth-order valence-electron chi connectivity index (χ4n) is 1.55. The third-order valence-electron chi connectivity index (χ3n) is 2.55. The van der Waals surface area contributed by atoms with Gasteiger partial charge >= 0.3 is 0 Å². The van der Waals surface area contributed by atoms with Crippen molar-refractivity contribution in [3.63, 3.8) is 0 Å². The van der Waals surface area contributed by atoms with Crippen molar-refractivity contribution in [3.05, 3.63) is 46.3 Å². The summed E-state index contributed by atoms with van der Waals surface area (Å²) in [5.74, 6) is -0.486. The van der Waals surface area contributed by atoms with Gasteiger partial charge in [0.2, 0.25) is 5.91 Å². The summed E-state index contributed by atoms with van der Waals surface area (Å²) in [5, 5.41) is 2.94. The van der Waals surface area contributed by atoms with Gasteiger partial charge in [0, 0.05) is 4.88 Å². The molecule has 0 spiro atoms. The predicted molar refractivity (Wildman–Crippen MR) is 84.3 cm³/mol. The molecule has 0 saturated heterocycles. The maximum atomic E-state index is 12.0. The van der Waals surface area contributed by atoms with Crippen molar-refractivity contribution in [3.8, 4) is 0 Å². The Kier molecular flexibility index (Phi) is 5.00. The highest BCUT2D eigenvalue weighted by molar-refractivity contribution is 7.91. The topological polar surface area (TPSA) is 75.3 Å². The van der Waals surface area contributed by atoms with E-state index in [0.717, 1.165) is 16.2 Å². The first kappa shape index (κ1) is 16.0. The molecule has 1 amide bonds. The molecule has 1 aromatic carbocycles. The summed E-state index contributed by atoms with van der Waals surface area (Å²) in [6.07, 6.45) is 0. The largest absolute Gasteiger partial charge is 0.324 e. The first-order valence-electron chi connectivity index (χ1n) is 5.99. The third-order valence-corrected chi connectivity index (χ3v) is 5.77. The lowest BCUT2D eigenvalue weighted by atomic mass is 10.3. The number of thiophene rings is 1. The van der Waals surface area contributed by atoms with E-state index in [9.17, 15) is 13.2 Å². The zero-order valence-corrected chi connectivity index (χ0v) is 13.5. The van der Waals surface area contributed by atoms with Crippen LogP contribution >= 0.6 is 22.9 Å². The van der Waals surface area contributed by atoms with Crippen molar-refractivity contribution in [2.45, 2.75) is 11.1 Å². The van der Waals surface area contributed by atoms with Crippen LogP contribution in [0.2, 0.25) is 5.02 Å². The van der Waals surface area contributed by atoms with E-state index in [4.69, 9.17) is 11.6 Å². The number of nitrogens with one attached hydrogen (secondary N) is 2. The van der Waals surface area contributed by atoms with Crippen molar-refractivity contribution >= 4 is 44.6 Å². The summed E-state index contributed by atoms with van der Waals surface area (Å²) in [5.41, 5.74) is 0.440. The fraction of sp³-hybridized carbons (Fsp3) is 0.154. The van der Waals surface area contributed by atoms with Crippen molar-refractivity contribution in [1.29, 1.82) is 0 Å². The van der Waals surface area contributed by atoms with E-state index in [1.54, 1.807) is 30.3 Å². The lowest BCUT2D eigenvalue weighted by Crippen LogP contribution is -2.32. The Morgan fingerprint density at radius 3 is 2.57 bits per heavy atom. The Hall–Kier alpha value is -1.41. The number of aryl methyl sites for hydroxylation is 1. The molecule has 1 heterocycles. The third kappa shape index (κ3) is 4.28. The number of carbonyl (C=O) groups excluding carboxylic acids is 1. The molecule has 2 rings (SSSR count). The zero-order valence-electron chi connectivity index (χ0n) is 11.1. The van der Waals surface area contributed by atoms with E-state index in [2.05, 4.69) is 10.0 Å². The summed E-state index contributed by atoms with van der Waals surface area (Å²) in [7, 11) is -3.66. The molecule has 2 N–H and O–H groups in total. The molecule has 0 saturated carbocycles. The van der Waals surface area contributed by atoms with Gasteiger partial charge in [0.1, 0.15) is 4.21 Å². The Morgan fingerprint density at radius 1 is 1.24 bits per heavy atom. The summed E-state index contributed by atoms with van der Waals surface area (Å²) in [6.45, 7) is 1.46. The lowest BCUT2D eigenvalue weighted by molar-refractivity contribution is -0.115. The Balaban J connectivity index is 1.97. The molecule has 0 aliphatic rings. The average molecular weight is 345 g/mol. The van der Waals surface area contributed by atoms with Crippen LogP contribution < -0.4 is 10.0 Å². The molecule has 0 fully saturated rings. The number of hydrogen-bond donors (Lipinski definition) is 2. The number of hydrogen-bond acceptors (Lipinski definition) is 4. The van der Waals surface area contributed by atoms with Gasteiger partial charge in [0.25, 0.3) is 10.0 Å². The molecule has 21 heavy (non-hydrogen) atoms. The van der Waals surface area contributed by atoms with Gasteiger partial charge < -0.3 is 5.32 Å². The minimum absolute atomic E-state index is 0.186. The molecule has 0 aliphatic carbocycles. The van der Waals surface area contributed by atoms with Crippen LogP contribution in [0.15, 0.2) is 40.6 Å². The highest BCUT2D eigenvalue weighted by atomic mass is 35.5. The number of anilines is 1. The summed E-state index contributed by atoms with van der Waals surface area (Å²) >= 11 is 7.05. The lowest BCUT2D eigenvalue weighted by Gasteiger charge is -2.08. The number of sulfonamides is 1. The van der Waals surface area contributed by atoms with E-state index in [0.29, 0.717) is 10.7 Å². The molecule has 112 valence electrons. The van der Waals surface area contributed by atoms with Crippen molar-refractivity contribution < 1.29 is 13.2 Å². The van der Waals surface area contributed by atoms with Crippen LogP contribution in [-0.4, -0.2) is 20.9 Å². The minimum Gasteiger partial charge on any atom is -0.324 e. The maximum Gasteiger partial charge on any atom is 0.250 e. The van der Waals surface area contributed by atoms with Gasteiger partial charge in [0.05, 0.1) is 17.3 Å². The number of benzene rings is 1. The molecule has 0 radical (unpaired) electrons. The van der Waals surface area contributed by atoms with Crippen LogP contribution in [-0.2, 0) is 14.8 Å². The van der Waals surface area contributed by atoms with Crippen LogP contribution in [0.25, 0.3) is 0 Å². The van der Waals surface area contributed by atoms with Crippen LogP contribution in [0.4, 0.5) is 5.69 Å². The molecule has 5 nitrogen and oxygen atoms in total. The van der Waals surface area contributed by atoms with Crippen LogP contribution in [0, 0.1) is 6.92 Å². The summed E-state index contributed by atoms with van der Waals surface area (Å²) in [6, 6.07) is 9.95. The van der Waals surface area contributed by atoms with Gasteiger partial charge in [-0.25, -0.2) is 13.1 Å². The molecular weight excluding hydrogens is 332 g/mol. The quantitative estimate of drug-likeness (QED) is 0.875. The first-order valence-corrected chi connectivity index (χ1v) is 8.67.